The van der Waals surface area contributed by atoms with E-state index in [0.717, 1.165) is 6.42 Å². The van der Waals surface area contributed by atoms with Crippen molar-refractivity contribution in [2.45, 2.75) is 24.7 Å². The molecule has 0 bridgehead atoms. The van der Waals surface area contributed by atoms with Gasteiger partial charge in [0.15, 0.2) is 5.84 Å². The van der Waals surface area contributed by atoms with E-state index in [0.29, 0.717) is 23.6 Å². The lowest BCUT2D eigenvalue weighted by molar-refractivity contribution is 0.0499. The van der Waals surface area contributed by atoms with Gasteiger partial charge in [-0.15, -0.1) is 4.40 Å². The Labute approximate surface area is 205 Å². The molecule has 0 aliphatic rings. The van der Waals surface area contributed by atoms with Crippen LogP contribution >= 0.6 is 0 Å². The average molecular weight is 500 g/mol. The summed E-state index contributed by atoms with van der Waals surface area (Å²) in [6.45, 7) is 2.23. The largest absolute Gasteiger partial charge is 0.497 e. The van der Waals surface area contributed by atoms with E-state index in [4.69, 9.17) is 14.2 Å². The van der Waals surface area contributed by atoms with Crippen molar-refractivity contribution in [2.24, 2.45) is 4.40 Å². The van der Waals surface area contributed by atoms with Gasteiger partial charge in [-0.1, -0.05) is 19.4 Å². The Kier molecular flexibility index (Phi) is 8.53. The smallest absolute Gasteiger partial charge is 0.338 e. The maximum absolute atomic E-state index is 13.5. The van der Waals surface area contributed by atoms with Crippen LogP contribution in [0.25, 0.3) is 0 Å². The van der Waals surface area contributed by atoms with Crippen LogP contribution in [0.15, 0.2) is 70.1 Å². The molecule has 1 N–H and O–H groups in total. The van der Waals surface area contributed by atoms with E-state index in [2.05, 4.69) is 9.38 Å². The number of carbonyl (C=O) groups excluding carboxylic acids is 1. The minimum absolute atomic E-state index is 0.0108. The minimum Gasteiger partial charge on any atom is -0.497 e. The molecule has 3 rings (SSSR count). The molecular weight excluding hydrogens is 470 g/mol. The molecule has 0 saturated heterocycles. The zero-order valence-corrected chi connectivity index (χ0v) is 21.0. The number of ether oxygens (including phenoxy) is 3. The Balaban J connectivity index is 2.09. The molecule has 9 nitrogen and oxygen atoms in total. The summed E-state index contributed by atoms with van der Waals surface area (Å²) >= 11 is 0. The Hall–Kier alpha value is -3.79. The predicted octanol–water partition coefficient (Wildman–Crippen LogP) is 4.47. The van der Waals surface area contributed by atoms with Gasteiger partial charge in [0.2, 0.25) is 0 Å². The average Bonchev–Trinajstić information content (AvgIpc) is 3.37. The Morgan fingerprint density at radius 2 is 1.83 bits per heavy atom. The molecule has 0 amide bonds. The van der Waals surface area contributed by atoms with Gasteiger partial charge >= 0.3 is 5.97 Å². The van der Waals surface area contributed by atoms with E-state index in [-0.39, 0.29) is 28.7 Å². The van der Waals surface area contributed by atoms with Gasteiger partial charge in [0.1, 0.15) is 22.1 Å². The van der Waals surface area contributed by atoms with Gasteiger partial charge in [0, 0.05) is 26.4 Å². The van der Waals surface area contributed by atoms with E-state index < -0.39 is 16.0 Å². The van der Waals surface area contributed by atoms with E-state index >= 15 is 0 Å². The molecule has 186 valence electrons. The first-order valence-corrected chi connectivity index (χ1v) is 12.5. The molecule has 0 spiro atoms. The number of hydrogen-bond donors (Lipinski definition) is 1. The molecule has 2 aromatic carbocycles. The molecule has 0 radical (unpaired) electrons. The van der Waals surface area contributed by atoms with E-state index in [1.165, 1.54) is 25.3 Å². The first-order chi connectivity index (χ1) is 16.7. The molecule has 0 atom stereocenters. The van der Waals surface area contributed by atoms with Gasteiger partial charge in [0.05, 0.1) is 25.0 Å². The number of H-pyrrole nitrogens is 1. The van der Waals surface area contributed by atoms with Gasteiger partial charge in [0.25, 0.3) is 10.0 Å². The highest BCUT2D eigenvalue weighted by Crippen LogP contribution is 2.33. The SMILES string of the molecule is CCCCOC(=O)c1ccc(Oc2cccc(OC)c2)c(S(=O)(=O)N=C(c2ccc[nH]2)N(C)C)c1. The number of aromatic nitrogens is 1. The molecule has 35 heavy (non-hydrogen) atoms. The highest BCUT2D eigenvalue weighted by atomic mass is 32.2. The second-order valence-corrected chi connectivity index (χ2v) is 9.37. The number of amidine groups is 1. The number of carbonyl (C=O) groups is 1. The molecule has 0 unspecified atom stereocenters. The molecule has 3 aromatic rings. The summed E-state index contributed by atoms with van der Waals surface area (Å²) in [4.78, 5) is 16.8. The van der Waals surface area contributed by atoms with Crippen molar-refractivity contribution >= 4 is 21.8 Å². The number of rotatable bonds is 10. The number of esters is 1. The predicted molar refractivity (Wildman–Crippen MR) is 133 cm³/mol. The molecule has 1 heterocycles. The van der Waals surface area contributed by atoms with Crippen molar-refractivity contribution in [1.29, 1.82) is 0 Å². The quantitative estimate of drug-likeness (QED) is 0.190. The van der Waals surface area contributed by atoms with Crippen molar-refractivity contribution < 1.29 is 27.4 Å². The van der Waals surface area contributed by atoms with Crippen LogP contribution in [0, 0.1) is 0 Å². The number of hydrogen-bond acceptors (Lipinski definition) is 6. The Morgan fingerprint density at radius 3 is 2.49 bits per heavy atom. The third-order valence-electron chi connectivity index (χ3n) is 4.93. The molecule has 0 aliphatic heterocycles. The first-order valence-electron chi connectivity index (χ1n) is 11.0. The summed E-state index contributed by atoms with van der Waals surface area (Å²) < 4.78 is 47.5. The topological polar surface area (TPSA) is 110 Å². The second-order valence-electron chi connectivity index (χ2n) is 7.80. The number of nitrogens with zero attached hydrogens (tertiary/aromatic N) is 2. The van der Waals surface area contributed by atoms with Crippen LogP contribution in [-0.2, 0) is 14.8 Å². The second kappa shape index (κ2) is 11.6. The highest BCUT2D eigenvalue weighted by molar-refractivity contribution is 7.90. The van der Waals surface area contributed by atoms with Crippen LogP contribution in [-0.4, -0.2) is 57.9 Å². The molecule has 0 saturated carbocycles. The maximum atomic E-state index is 13.5. The number of sulfonamides is 1. The Bertz CT molecular complexity index is 1280. The van der Waals surface area contributed by atoms with E-state index in [1.807, 2.05) is 6.92 Å². The number of nitrogens with one attached hydrogen (secondary N) is 1. The molecule has 1 aromatic heterocycles. The van der Waals surface area contributed by atoms with Crippen LogP contribution < -0.4 is 9.47 Å². The lowest BCUT2D eigenvalue weighted by Crippen LogP contribution is -2.25. The standard InChI is InChI=1S/C25H29N3O6S/c1-5-6-15-33-25(29)18-12-13-22(34-20-10-7-9-19(17-20)32-4)23(16-18)35(30,31)27-24(28(2)3)21-11-8-14-26-21/h7-14,16-17,26H,5-6,15H2,1-4H3. The molecule has 0 aliphatic carbocycles. The zero-order chi connectivity index (χ0) is 25.4. The Morgan fingerprint density at radius 1 is 1.06 bits per heavy atom. The normalized spacial score (nSPS) is 11.7. The third-order valence-corrected chi connectivity index (χ3v) is 6.21. The summed E-state index contributed by atoms with van der Waals surface area (Å²) in [5.41, 5.74) is 0.600. The van der Waals surface area contributed by atoms with Crippen LogP contribution in [0.3, 0.4) is 0 Å². The summed E-state index contributed by atoms with van der Waals surface area (Å²) in [5.74, 6) is 0.488. The fourth-order valence-corrected chi connectivity index (χ4v) is 4.34. The van der Waals surface area contributed by atoms with Crippen molar-refractivity contribution in [1.82, 2.24) is 9.88 Å². The summed E-state index contributed by atoms with van der Waals surface area (Å²) in [7, 11) is 0.574. The van der Waals surface area contributed by atoms with Crippen LogP contribution in [0.1, 0.15) is 35.8 Å². The van der Waals surface area contributed by atoms with Crippen molar-refractivity contribution in [3.63, 3.8) is 0 Å². The molecular formula is C25H29N3O6S. The fraction of sp³-hybridized carbons (Fsp3) is 0.280. The number of methoxy groups -OCH3 is 1. The van der Waals surface area contributed by atoms with Crippen molar-refractivity contribution in [2.75, 3.05) is 27.8 Å². The number of aromatic amines is 1. The monoisotopic (exact) mass is 499 g/mol. The maximum Gasteiger partial charge on any atom is 0.338 e. The van der Waals surface area contributed by atoms with Gasteiger partial charge in [-0.25, -0.2) is 4.79 Å². The van der Waals surface area contributed by atoms with Crippen molar-refractivity contribution in [3.05, 3.63) is 72.1 Å². The van der Waals surface area contributed by atoms with Crippen LogP contribution in [0.5, 0.6) is 17.2 Å². The van der Waals surface area contributed by atoms with Crippen molar-refractivity contribution in [3.8, 4) is 17.2 Å². The van der Waals surface area contributed by atoms with Crippen LogP contribution in [0.2, 0.25) is 0 Å². The van der Waals surface area contributed by atoms with Gasteiger partial charge in [-0.3, -0.25) is 0 Å². The molecule has 10 heteroatoms. The zero-order valence-electron chi connectivity index (χ0n) is 20.1. The number of unbranched alkanes of at least 4 members (excludes halogenated alkanes) is 1. The first kappa shape index (κ1) is 25.8. The van der Waals surface area contributed by atoms with Gasteiger partial charge in [-0.05, 0) is 48.9 Å². The molecule has 0 fully saturated rings. The fourth-order valence-electron chi connectivity index (χ4n) is 3.11. The third kappa shape index (κ3) is 6.63. The summed E-state index contributed by atoms with van der Waals surface area (Å²) in [6.07, 6.45) is 3.24. The lowest BCUT2D eigenvalue weighted by atomic mass is 10.2. The number of benzene rings is 2. The van der Waals surface area contributed by atoms with Gasteiger partial charge in [-0.2, -0.15) is 8.42 Å². The van der Waals surface area contributed by atoms with E-state index in [1.54, 1.807) is 61.6 Å². The van der Waals surface area contributed by atoms with Gasteiger partial charge < -0.3 is 24.1 Å². The minimum atomic E-state index is -4.32. The highest BCUT2D eigenvalue weighted by Gasteiger charge is 2.25. The van der Waals surface area contributed by atoms with E-state index in [9.17, 15) is 13.2 Å². The summed E-state index contributed by atoms with van der Waals surface area (Å²) in [6, 6.07) is 14.3. The van der Waals surface area contributed by atoms with Crippen LogP contribution in [0.4, 0.5) is 0 Å². The lowest BCUT2D eigenvalue weighted by Gasteiger charge is -2.16. The summed E-state index contributed by atoms with van der Waals surface area (Å²) in [5, 5.41) is 0.